The van der Waals surface area contributed by atoms with Gasteiger partial charge in [0.15, 0.2) is 5.78 Å². The third-order valence-corrected chi connectivity index (χ3v) is 5.46. The van der Waals surface area contributed by atoms with Crippen LogP contribution in [0.5, 0.6) is 0 Å². The summed E-state index contributed by atoms with van der Waals surface area (Å²) < 4.78 is 0. The Morgan fingerprint density at radius 3 is 2.27 bits per heavy atom. The van der Waals surface area contributed by atoms with Crippen molar-refractivity contribution in [2.45, 2.75) is 32.6 Å². The molecule has 26 heavy (non-hydrogen) atoms. The fourth-order valence-corrected chi connectivity index (χ4v) is 4.24. The lowest BCUT2D eigenvalue weighted by Gasteiger charge is -2.38. The zero-order chi connectivity index (χ0) is 18.7. The molecule has 2 atom stereocenters. The molecule has 3 rings (SSSR count). The Balaban J connectivity index is 2.22. The fraction of sp³-hybridized carbons (Fsp3) is 0.292. The Bertz CT molecular complexity index is 838. The van der Waals surface area contributed by atoms with Crippen molar-refractivity contribution in [3.8, 4) is 0 Å². The molecule has 1 aliphatic rings. The highest BCUT2D eigenvalue weighted by Gasteiger charge is 2.46. The van der Waals surface area contributed by atoms with Crippen molar-refractivity contribution in [2.75, 3.05) is 6.61 Å². The van der Waals surface area contributed by atoms with Crippen molar-refractivity contribution in [3.63, 3.8) is 0 Å². The molecule has 2 heteroatoms. The van der Waals surface area contributed by atoms with Crippen LogP contribution >= 0.6 is 0 Å². The number of aryl methyl sites for hydroxylation is 3. The molecule has 0 fully saturated rings. The van der Waals surface area contributed by atoms with Gasteiger partial charge in [0.2, 0.25) is 0 Å². The van der Waals surface area contributed by atoms with Gasteiger partial charge in [0.05, 0.1) is 12.0 Å². The third kappa shape index (κ3) is 3.06. The molecular weight excluding hydrogens is 320 g/mol. The minimum absolute atomic E-state index is 0.00569. The van der Waals surface area contributed by atoms with E-state index in [0.717, 1.165) is 34.2 Å². The van der Waals surface area contributed by atoms with Crippen molar-refractivity contribution in [1.29, 1.82) is 0 Å². The van der Waals surface area contributed by atoms with Crippen LogP contribution in [0.25, 0.3) is 0 Å². The lowest BCUT2D eigenvalue weighted by molar-refractivity contribution is 0.0726. The van der Waals surface area contributed by atoms with Crippen molar-refractivity contribution in [1.82, 2.24) is 0 Å². The second-order valence-electron chi connectivity index (χ2n) is 7.25. The van der Waals surface area contributed by atoms with E-state index in [-0.39, 0.29) is 18.3 Å². The Labute approximate surface area is 155 Å². The fourth-order valence-electron chi connectivity index (χ4n) is 4.24. The molecule has 2 unspecified atom stereocenters. The van der Waals surface area contributed by atoms with Gasteiger partial charge in [0, 0.05) is 5.56 Å². The molecule has 0 bridgehead atoms. The SMILES string of the molecule is Cc1cc(C)c(C(=O)C(CO)(c2ccccc2)C2C=CC=CC2)c(C)c1. The van der Waals surface area contributed by atoms with Crippen LogP contribution in [0.4, 0.5) is 0 Å². The first kappa shape index (κ1) is 18.3. The van der Waals surface area contributed by atoms with Gasteiger partial charge in [0.25, 0.3) is 0 Å². The summed E-state index contributed by atoms with van der Waals surface area (Å²) in [6.07, 6.45) is 8.84. The number of Topliss-reactive ketones (excluding diaryl/α,β-unsaturated/α-hetero) is 1. The number of ketones is 1. The molecule has 0 aromatic heterocycles. The molecule has 0 spiro atoms. The monoisotopic (exact) mass is 346 g/mol. The Morgan fingerprint density at radius 1 is 1.08 bits per heavy atom. The van der Waals surface area contributed by atoms with E-state index in [4.69, 9.17) is 0 Å². The van der Waals surface area contributed by atoms with E-state index >= 15 is 0 Å². The maximum atomic E-state index is 13.9. The van der Waals surface area contributed by atoms with Gasteiger partial charge >= 0.3 is 0 Å². The first-order valence-electron chi connectivity index (χ1n) is 9.13. The summed E-state index contributed by atoms with van der Waals surface area (Å²) in [5.74, 6) is -0.0707. The molecule has 0 amide bonds. The zero-order valence-electron chi connectivity index (χ0n) is 15.7. The predicted molar refractivity (Wildman–Crippen MR) is 107 cm³/mol. The number of carbonyl (C=O) groups excluding carboxylic acids is 1. The molecule has 1 N–H and O–H groups in total. The number of benzene rings is 2. The number of allylic oxidation sites excluding steroid dienone is 4. The van der Waals surface area contributed by atoms with Crippen LogP contribution in [0.1, 0.15) is 39.0 Å². The van der Waals surface area contributed by atoms with Crippen LogP contribution in [-0.2, 0) is 5.41 Å². The summed E-state index contributed by atoms with van der Waals surface area (Å²) in [4.78, 5) is 13.9. The van der Waals surface area contributed by atoms with Crippen molar-refractivity contribution in [3.05, 3.63) is 94.6 Å². The van der Waals surface area contributed by atoms with Gasteiger partial charge in [-0.25, -0.2) is 0 Å². The summed E-state index contributed by atoms with van der Waals surface area (Å²) in [5.41, 5.74) is 3.71. The van der Waals surface area contributed by atoms with Crippen molar-refractivity contribution < 1.29 is 9.90 Å². The average molecular weight is 346 g/mol. The summed E-state index contributed by atoms with van der Waals surface area (Å²) in [6.45, 7) is 5.79. The van der Waals surface area contributed by atoms with E-state index < -0.39 is 5.41 Å². The second-order valence-corrected chi connectivity index (χ2v) is 7.25. The van der Waals surface area contributed by atoms with Gasteiger partial charge < -0.3 is 5.11 Å². The topological polar surface area (TPSA) is 37.3 Å². The minimum Gasteiger partial charge on any atom is -0.395 e. The molecule has 0 saturated heterocycles. The molecule has 2 aromatic rings. The van der Waals surface area contributed by atoms with E-state index in [1.807, 2.05) is 75.4 Å². The standard InChI is InChI=1S/C24H26O2/c1-17-14-18(2)22(19(3)15-17)23(26)24(16-25,20-10-6-4-7-11-20)21-12-8-5-9-13-21/h4-12,14-15,21,25H,13,16H2,1-3H3. The molecule has 2 nitrogen and oxygen atoms in total. The smallest absolute Gasteiger partial charge is 0.176 e. The molecule has 0 heterocycles. The number of carbonyl (C=O) groups is 1. The highest BCUT2D eigenvalue weighted by molar-refractivity contribution is 6.07. The highest BCUT2D eigenvalue weighted by Crippen LogP contribution is 2.41. The molecule has 0 aliphatic heterocycles. The van der Waals surface area contributed by atoms with Gasteiger partial charge in [-0.1, -0.05) is 72.3 Å². The third-order valence-electron chi connectivity index (χ3n) is 5.46. The summed E-state index contributed by atoms with van der Waals surface area (Å²) >= 11 is 0. The highest BCUT2D eigenvalue weighted by atomic mass is 16.3. The van der Waals surface area contributed by atoms with E-state index in [1.165, 1.54) is 0 Å². The average Bonchev–Trinajstić information content (AvgIpc) is 2.64. The molecular formula is C24H26O2. The normalized spacial score (nSPS) is 18.5. The Hall–Kier alpha value is -2.45. The van der Waals surface area contributed by atoms with Crippen LogP contribution in [-0.4, -0.2) is 17.5 Å². The van der Waals surface area contributed by atoms with Crippen LogP contribution < -0.4 is 0 Å². The van der Waals surface area contributed by atoms with E-state index in [1.54, 1.807) is 0 Å². The maximum Gasteiger partial charge on any atom is 0.176 e. The summed E-state index contributed by atoms with van der Waals surface area (Å²) in [5, 5.41) is 10.6. The lowest BCUT2D eigenvalue weighted by Crippen LogP contribution is -2.46. The van der Waals surface area contributed by atoms with Crippen LogP contribution in [0.2, 0.25) is 0 Å². The lowest BCUT2D eigenvalue weighted by atomic mass is 9.63. The number of hydrogen-bond acceptors (Lipinski definition) is 2. The van der Waals surface area contributed by atoms with Crippen LogP contribution in [0.3, 0.4) is 0 Å². The van der Waals surface area contributed by atoms with Crippen LogP contribution in [0, 0.1) is 26.7 Å². The molecule has 134 valence electrons. The summed E-state index contributed by atoms with van der Waals surface area (Å²) in [6, 6.07) is 13.8. The first-order valence-corrected chi connectivity index (χ1v) is 9.13. The number of rotatable bonds is 5. The maximum absolute atomic E-state index is 13.9. The quantitative estimate of drug-likeness (QED) is 0.785. The van der Waals surface area contributed by atoms with Gasteiger partial charge in [-0.05, 0) is 49.8 Å². The second kappa shape index (κ2) is 7.43. The van der Waals surface area contributed by atoms with Gasteiger partial charge in [-0.15, -0.1) is 0 Å². The summed E-state index contributed by atoms with van der Waals surface area (Å²) in [7, 11) is 0. The van der Waals surface area contributed by atoms with Gasteiger partial charge in [-0.2, -0.15) is 0 Å². The van der Waals surface area contributed by atoms with Gasteiger partial charge in [0.1, 0.15) is 0 Å². The first-order chi connectivity index (χ1) is 12.5. The number of aliphatic hydroxyl groups is 1. The van der Waals surface area contributed by atoms with Gasteiger partial charge in [-0.3, -0.25) is 4.79 Å². The van der Waals surface area contributed by atoms with Crippen LogP contribution in [0.15, 0.2) is 66.8 Å². The molecule has 2 aromatic carbocycles. The van der Waals surface area contributed by atoms with Crippen molar-refractivity contribution >= 4 is 5.78 Å². The Morgan fingerprint density at radius 2 is 1.73 bits per heavy atom. The zero-order valence-corrected chi connectivity index (χ0v) is 15.7. The van der Waals surface area contributed by atoms with E-state index in [2.05, 4.69) is 12.2 Å². The number of hydrogen-bond donors (Lipinski definition) is 1. The molecule has 0 saturated carbocycles. The van der Waals surface area contributed by atoms with E-state index in [9.17, 15) is 9.90 Å². The molecule has 1 aliphatic carbocycles. The largest absolute Gasteiger partial charge is 0.395 e. The molecule has 0 radical (unpaired) electrons. The number of aliphatic hydroxyl groups excluding tert-OH is 1. The Kier molecular flexibility index (Phi) is 5.24. The van der Waals surface area contributed by atoms with E-state index in [0.29, 0.717) is 0 Å². The van der Waals surface area contributed by atoms with Crippen molar-refractivity contribution in [2.24, 2.45) is 5.92 Å². The predicted octanol–water partition coefficient (Wildman–Crippen LogP) is 4.86. The minimum atomic E-state index is -0.979.